The van der Waals surface area contributed by atoms with Gasteiger partial charge in [0.15, 0.2) is 18.1 Å². The van der Waals surface area contributed by atoms with Crippen LogP contribution in [0.15, 0.2) is 65.6 Å². The van der Waals surface area contributed by atoms with E-state index in [-0.39, 0.29) is 17.2 Å². The molecule has 0 bridgehead atoms. The van der Waals surface area contributed by atoms with Crippen molar-refractivity contribution in [1.29, 1.82) is 5.26 Å². The van der Waals surface area contributed by atoms with Gasteiger partial charge < -0.3 is 14.8 Å². The molecular weight excluding hydrogens is 478 g/mol. The molecule has 2 N–H and O–H groups in total. The molecule has 3 aromatic carbocycles. The molecule has 0 unspecified atom stereocenters. The molecule has 0 spiro atoms. The molecule has 0 aliphatic heterocycles. The van der Waals surface area contributed by atoms with E-state index in [1.807, 2.05) is 6.07 Å². The Morgan fingerprint density at radius 2 is 1.82 bits per heavy atom. The third kappa shape index (κ3) is 6.41. The Bertz CT molecular complexity index is 1350. The lowest BCUT2D eigenvalue weighted by Gasteiger charge is -2.14. The highest BCUT2D eigenvalue weighted by atomic mass is 35.5. The number of amides is 1. The summed E-state index contributed by atoms with van der Waals surface area (Å²) in [7, 11) is -3.93. The second-order valence-electron chi connectivity index (χ2n) is 7.14. The minimum Gasteiger partial charge on any atom is -0.490 e. The molecular formula is C24H22ClN3O5S. The van der Waals surface area contributed by atoms with Gasteiger partial charge in [-0.15, -0.1) is 0 Å². The Hall–Kier alpha value is -3.74. The number of nitrogens with one attached hydrogen (secondary N) is 2. The van der Waals surface area contributed by atoms with Crippen LogP contribution in [0, 0.1) is 18.3 Å². The molecule has 34 heavy (non-hydrogen) atoms. The predicted molar refractivity (Wildman–Crippen MR) is 130 cm³/mol. The third-order valence-electron chi connectivity index (χ3n) is 4.57. The predicted octanol–water partition coefficient (Wildman–Crippen LogP) is 4.74. The average Bonchev–Trinajstić information content (AvgIpc) is 2.79. The van der Waals surface area contributed by atoms with Crippen LogP contribution in [0.1, 0.15) is 18.1 Å². The largest absolute Gasteiger partial charge is 0.490 e. The van der Waals surface area contributed by atoms with E-state index >= 15 is 0 Å². The van der Waals surface area contributed by atoms with Crippen LogP contribution in [0.5, 0.6) is 11.5 Å². The van der Waals surface area contributed by atoms with Crippen LogP contribution >= 0.6 is 11.6 Å². The zero-order valence-electron chi connectivity index (χ0n) is 18.5. The van der Waals surface area contributed by atoms with E-state index in [2.05, 4.69) is 10.0 Å². The molecule has 0 saturated carbocycles. The number of aryl methyl sites for hydroxylation is 1. The van der Waals surface area contributed by atoms with Gasteiger partial charge in [-0.2, -0.15) is 5.26 Å². The fourth-order valence-electron chi connectivity index (χ4n) is 3.03. The number of rotatable bonds is 9. The minimum atomic E-state index is -3.93. The van der Waals surface area contributed by atoms with Crippen molar-refractivity contribution in [3.63, 3.8) is 0 Å². The van der Waals surface area contributed by atoms with Gasteiger partial charge in [-0.05, 0) is 61.9 Å². The van der Waals surface area contributed by atoms with Crippen molar-refractivity contribution >= 4 is 38.9 Å². The fourth-order valence-corrected chi connectivity index (χ4v) is 4.55. The summed E-state index contributed by atoms with van der Waals surface area (Å²) in [6.45, 7) is 3.46. The van der Waals surface area contributed by atoms with E-state index in [4.69, 9.17) is 26.3 Å². The summed E-state index contributed by atoms with van der Waals surface area (Å²) in [6, 6.07) is 17.6. The molecule has 176 valence electrons. The van der Waals surface area contributed by atoms with E-state index in [0.29, 0.717) is 39.9 Å². The van der Waals surface area contributed by atoms with Gasteiger partial charge in [0.05, 0.1) is 28.8 Å². The number of benzene rings is 3. The lowest BCUT2D eigenvalue weighted by atomic mass is 10.2. The van der Waals surface area contributed by atoms with Crippen molar-refractivity contribution in [2.75, 3.05) is 23.3 Å². The first kappa shape index (κ1) is 24.9. The zero-order chi connectivity index (χ0) is 24.7. The fraction of sp³-hybridized carbons (Fsp3) is 0.167. The summed E-state index contributed by atoms with van der Waals surface area (Å²) >= 11 is 5.93. The summed E-state index contributed by atoms with van der Waals surface area (Å²) in [5.41, 5.74) is 1.51. The molecule has 0 fully saturated rings. The minimum absolute atomic E-state index is 0.0110. The summed E-state index contributed by atoms with van der Waals surface area (Å²) < 4.78 is 39.3. The molecule has 0 aliphatic rings. The number of sulfonamides is 1. The number of nitrogens with zero attached hydrogens (tertiary/aromatic N) is 1. The molecule has 0 radical (unpaired) electrons. The van der Waals surface area contributed by atoms with Crippen LogP contribution in [0.4, 0.5) is 11.4 Å². The van der Waals surface area contributed by atoms with Crippen LogP contribution < -0.4 is 19.5 Å². The molecule has 0 atom stereocenters. The van der Waals surface area contributed by atoms with E-state index in [1.165, 1.54) is 18.2 Å². The van der Waals surface area contributed by atoms with Crippen LogP contribution in [0.25, 0.3) is 0 Å². The molecule has 0 aromatic heterocycles. The molecule has 0 aliphatic carbocycles. The zero-order valence-corrected chi connectivity index (χ0v) is 20.0. The maximum absolute atomic E-state index is 12.9. The Labute approximate surface area is 203 Å². The van der Waals surface area contributed by atoms with Crippen LogP contribution in [0.3, 0.4) is 0 Å². The van der Waals surface area contributed by atoms with Gasteiger partial charge in [0.1, 0.15) is 0 Å². The molecule has 3 aromatic rings. The van der Waals surface area contributed by atoms with Gasteiger partial charge in [0, 0.05) is 16.8 Å². The highest BCUT2D eigenvalue weighted by Crippen LogP contribution is 2.28. The van der Waals surface area contributed by atoms with Crippen molar-refractivity contribution in [3.8, 4) is 17.6 Å². The SMILES string of the molecule is CCOc1cc(C#N)ccc1OCC(=O)Nc1ccc(C)c(S(=O)(=O)Nc2cccc(Cl)c2)c1. The first-order valence-electron chi connectivity index (χ1n) is 10.2. The number of anilines is 2. The molecule has 8 nitrogen and oxygen atoms in total. The van der Waals surface area contributed by atoms with Gasteiger partial charge in [-0.25, -0.2) is 8.42 Å². The monoisotopic (exact) mass is 499 g/mol. The van der Waals surface area contributed by atoms with Crippen molar-refractivity contribution in [2.45, 2.75) is 18.7 Å². The van der Waals surface area contributed by atoms with Crippen molar-refractivity contribution in [2.24, 2.45) is 0 Å². The number of hydrogen-bond donors (Lipinski definition) is 2. The lowest BCUT2D eigenvalue weighted by Crippen LogP contribution is -2.21. The Morgan fingerprint density at radius 1 is 1.03 bits per heavy atom. The van der Waals surface area contributed by atoms with Crippen molar-refractivity contribution in [1.82, 2.24) is 0 Å². The number of carbonyl (C=O) groups is 1. The first-order chi connectivity index (χ1) is 16.2. The smallest absolute Gasteiger partial charge is 0.262 e. The topological polar surface area (TPSA) is 118 Å². The van der Waals surface area contributed by atoms with Crippen LogP contribution in [-0.2, 0) is 14.8 Å². The van der Waals surface area contributed by atoms with Gasteiger partial charge in [-0.1, -0.05) is 23.7 Å². The summed E-state index contributed by atoms with van der Waals surface area (Å²) in [5, 5.41) is 12.1. The molecule has 10 heteroatoms. The third-order valence-corrected chi connectivity index (χ3v) is 6.33. The Balaban J connectivity index is 1.71. The standard InChI is InChI=1S/C24H22ClN3O5S/c1-3-32-22-11-17(14-26)8-10-21(22)33-15-24(29)27-19-9-7-16(2)23(13-19)34(30,31)28-20-6-4-5-18(25)12-20/h4-13,28H,3,15H2,1-2H3,(H,27,29). The van der Waals surface area contributed by atoms with E-state index in [1.54, 1.807) is 56.3 Å². The highest BCUT2D eigenvalue weighted by molar-refractivity contribution is 7.92. The number of hydrogen-bond acceptors (Lipinski definition) is 6. The van der Waals surface area contributed by atoms with Gasteiger partial charge in [0.2, 0.25) is 0 Å². The Morgan fingerprint density at radius 3 is 2.53 bits per heavy atom. The average molecular weight is 500 g/mol. The second-order valence-corrected chi connectivity index (χ2v) is 9.23. The molecule has 0 heterocycles. The summed E-state index contributed by atoms with van der Waals surface area (Å²) in [6.07, 6.45) is 0. The highest BCUT2D eigenvalue weighted by Gasteiger charge is 2.19. The van der Waals surface area contributed by atoms with Crippen LogP contribution in [-0.4, -0.2) is 27.5 Å². The maximum Gasteiger partial charge on any atom is 0.262 e. The number of halogens is 1. The van der Waals surface area contributed by atoms with Crippen molar-refractivity contribution < 1.29 is 22.7 Å². The molecule has 1 amide bonds. The van der Waals surface area contributed by atoms with Crippen LogP contribution in [0.2, 0.25) is 5.02 Å². The molecule has 0 saturated heterocycles. The molecule has 3 rings (SSSR count). The van der Waals surface area contributed by atoms with E-state index < -0.39 is 15.9 Å². The van der Waals surface area contributed by atoms with E-state index in [9.17, 15) is 13.2 Å². The van der Waals surface area contributed by atoms with E-state index in [0.717, 1.165) is 0 Å². The summed E-state index contributed by atoms with van der Waals surface area (Å²) in [4.78, 5) is 12.5. The van der Waals surface area contributed by atoms with Crippen molar-refractivity contribution in [3.05, 3.63) is 76.8 Å². The number of nitriles is 1. The maximum atomic E-state index is 12.9. The second kappa shape index (κ2) is 10.9. The Kier molecular flexibility index (Phi) is 7.99. The number of carbonyl (C=O) groups excluding carboxylic acids is 1. The quantitative estimate of drug-likeness (QED) is 0.439. The normalized spacial score (nSPS) is 10.8. The van der Waals surface area contributed by atoms with Gasteiger partial charge in [0.25, 0.3) is 15.9 Å². The number of ether oxygens (including phenoxy) is 2. The lowest BCUT2D eigenvalue weighted by molar-refractivity contribution is -0.118. The van der Waals surface area contributed by atoms with Gasteiger partial charge in [-0.3, -0.25) is 9.52 Å². The van der Waals surface area contributed by atoms with Gasteiger partial charge >= 0.3 is 0 Å². The first-order valence-corrected chi connectivity index (χ1v) is 12.1. The summed E-state index contributed by atoms with van der Waals surface area (Å²) in [5.74, 6) is 0.167.